The smallest absolute Gasteiger partial charge is 0.120 e. The molecule has 0 aliphatic carbocycles. The summed E-state index contributed by atoms with van der Waals surface area (Å²) < 4.78 is 5.59. The predicted molar refractivity (Wildman–Crippen MR) is 43.4 cm³/mol. The second-order valence-corrected chi connectivity index (χ2v) is 3.39. The van der Waals surface area contributed by atoms with Crippen LogP contribution in [0.5, 0.6) is 0 Å². The second-order valence-electron chi connectivity index (χ2n) is 3.39. The molecule has 64 valence electrons. The third kappa shape index (κ3) is 2.29. The molecule has 11 heavy (non-hydrogen) atoms. The Morgan fingerprint density at radius 1 is 1.45 bits per heavy atom. The Bertz CT molecular complexity index is 134. The lowest BCUT2D eigenvalue weighted by Gasteiger charge is -2.32. The predicted octanol–water partition coefficient (Wildman–Crippen LogP) is 1.78. The van der Waals surface area contributed by atoms with Gasteiger partial charge in [0.15, 0.2) is 0 Å². The molecule has 0 radical (unpaired) electrons. The fourth-order valence-corrected chi connectivity index (χ4v) is 1.66. The van der Waals surface area contributed by atoms with E-state index in [0.29, 0.717) is 18.4 Å². The van der Waals surface area contributed by atoms with Gasteiger partial charge in [0, 0.05) is 6.42 Å². The molecular weight excluding hydrogens is 140 g/mol. The molecule has 0 aromatic heterocycles. The summed E-state index contributed by atoms with van der Waals surface area (Å²) in [7, 11) is 0. The van der Waals surface area contributed by atoms with Crippen LogP contribution in [0.1, 0.15) is 33.1 Å². The van der Waals surface area contributed by atoms with Crippen molar-refractivity contribution in [2.45, 2.75) is 45.3 Å². The Morgan fingerprint density at radius 3 is 2.73 bits per heavy atom. The van der Waals surface area contributed by atoms with Gasteiger partial charge in [0.25, 0.3) is 0 Å². The first-order valence-corrected chi connectivity index (χ1v) is 4.33. The molecule has 0 N–H and O–H groups in total. The Balaban J connectivity index is 2.37. The van der Waals surface area contributed by atoms with E-state index < -0.39 is 0 Å². The van der Waals surface area contributed by atoms with E-state index in [9.17, 15) is 4.79 Å². The molecule has 1 heterocycles. The van der Waals surface area contributed by atoms with Crippen molar-refractivity contribution in [1.82, 2.24) is 0 Å². The van der Waals surface area contributed by atoms with Gasteiger partial charge < -0.3 is 9.53 Å². The molecule has 0 aromatic carbocycles. The fourth-order valence-electron chi connectivity index (χ4n) is 1.66. The highest BCUT2D eigenvalue weighted by molar-refractivity contribution is 5.49. The maximum atomic E-state index is 10.2. The van der Waals surface area contributed by atoms with Gasteiger partial charge in [-0.25, -0.2) is 0 Å². The molecule has 2 unspecified atom stereocenters. The lowest BCUT2D eigenvalue weighted by molar-refractivity contribution is -0.113. The molecule has 0 amide bonds. The molecule has 1 rings (SSSR count). The molecule has 2 nitrogen and oxygen atoms in total. The van der Waals surface area contributed by atoms with Gasteiger partial charge in [0.05, 0.1) is 12.2 Å². The van der Waals surface area contributed by atoms with Crippen LogP contribution in [-0.4, -0.2) is 18.5 Å². The monoisotopic (exact) mass is 156 g/mol. The number of ether oxygens (including phenoxy) is 1. The fraction of sp³-hybridized carbons (Fsp3) is 0.889. The van der Waals surface area contributed by atoms with E-state index in [0.717, 1.165) is 19.1 Å². The van der Waals surface area contributed by atoms with Crippen LogP contribution in [0.3, 0.4) is 0 Å². The summed E-state index contributed by atoms with van der Waals surface area (Å²) in [6, 6.07) is 0. The van der Waals surface area contributed by atoms with Gasteiger partial charge in [-0.3, -0.25) is 0 Å². The van der Waals surface area contributed by atoms with Crippen LogP contribution in [0.4, 0.5) is 0 Å². The number of rotatable bonds is 2. The Hall–Kier alpha value is -0.370. The van der Waals surface area contributed by atoms with Gasteiger partial charge in [-0.15, -0.1) is 0 Å². The maximum Gasteiger partial charge on any atom is 0.120 e. The van der Waals surface area contributed by atoms with Crippen LogP contribution in [0, 0.1) is 5.92 Å². The van der Waals surface area contributed by atoms with Gasteiger partial charge in [0.2, 0.25) is 0 Å². The lowest BCUT2D eigenvalue weighted by atomic mass is 9.91. The number of carbonyl (C=O) groups excluding carboxylic acids is 1. The third-order valence-electron chi connectivity index (χ3n) is 2.45. The van der Waals surface area contributed by atoms with Crippen LogP contribution in [0.15, 0.2) is 0 Å². The second kappa shape index (κ2) is 3.86. The molecular formula is C9H16O2. The molecule has 0 spiro atoms. The Morgan fingerprint density at radius 2 is 2.18 bits per heavy atom. The van der Waals surface area contributed by atoms with Gasteiger partial charge in [-0.2, -0.15) is 0 Å². The minimum Gasteiger partial charge on any atom is -0.375 e. The SMILES string of the molecule is CC1CCC(CC=O)[C@H](C)O1. The van der Waals surface area contributed by atoms with E-state index in [2.05, 4.69) is 13.8 Å². The first-order chi connectivity index (χ1) is 5.24. The van der Waals surface area contributed by atoms with Crippen molar-refractivity contribution in [2.24, 2.45) is 5.92 Å². The molecule has 1 aliphatic heterocycles. The van der Waals surface area contributed by atoms with Gasteiger partial charge >= 0.3 is 0 Å². The zero-order chi connectivity index (χ0) is 8.27. The Kier molecular flexibility index (Phi) is 3.06. The van der Waals surface area contributed by atoms with Crippen LogP contribution in [0.25, 0.3) is 0 Å². The highest BCUT2D eigenvalue weighted by Gasteiger charge is 2.24. The number of hydrogen-bond donors (Lipinski definition) is 0. The van der Waals surface area contributed by atoms with Gasteiger partial charge in [-0.1, -0.05) is 0 Å². The van der Waals surface area contributed by atoms with Crippen molar-refractivity contribution in [3.05, 3.63) is 0 Å². The minimum atomic E-state index is 0.268. The van der Waals surface area contributed by atoms with E-state index >= 15 is 0 Å². The van der Waals surface area contributed by atoms with Crippen LogP contribution >= 0.6 is 0 Å². The molecule has 1 fully saturated rings. The number of aldehydes is 1. The van der Waals surface area contributed by atoms with E-state index in [1.807, 2.05) is 0 Å². The zero-order valence-corrected chi connectivity index (χ0v) is 7.25. The van der Waals surface area contributed by atoms with Crippen molar-refractivity contribution in [2.75, 3.05) is 0 Å². The van der Waals surface area contributed by atoms with E-state index in [1.165, 1.54) is 0 Å². The molecule has 0 bridgehead atoms. The topological polar surface area (TPSA) is 26.3 Å². The van der Waals surface area contributed by atoms with Crippen LogP contribution in [-0.2, 0) is 9.53 Å². The highest BCUT2D eigenvalue weighted by atomic mass is 16.5. The van der Waals surface area contributed by atoms with E-state index in [-0.39, 0.29) is 6.10 Å². The number of hydrogen-bond acceptors (Lipinski definition) is 2. The van der Waals surface area contributed by atoms with Crippen molar-refractivity contribution in [3.8, 4) is 0 Å². The third-order valence-corrected chi connectivity index (χ3v) is 2.45. The summed E-state index contributed by atoms with van der Waals surface area (Å²) in [4.78, 5) is 10.2. The summed E-state index contributed by atoms with van der Waals surface area (Å²) in [5.41, 5.74) is 0. The minimum absolute atomic E-state index is 0.268. The molecule has 0 aromatic rings. The van der Waals surface area contributed by atoms with E-state index in [1.54, 1.807) is 0 Å². The quantitative estimate of drug-likeness (QED) is 0.570. The van der Waals surface area contributed by atoms with Crippen molar-refractivity contribution in [1.29, 1.82) is 0 Å². The molecule has 0 saturated carbocycles. The lowest BCUT2D eigenvalue weighted by Crippen LogP contribution is -2.31. The standard InChI is InChI=1S/C9H16O2/c1-7-3-4-9(5-6-10)8(2)11-7/h6-9H,3-5H2,1-2H3/t7?,8-,9?/m0/s1. The largest absolute Gasteiger partial charge is 0.375 e. The summed E-state index contributed by atoms with van der Waals surface area (Å²) in [5.74, 6) is 0.462. The summed E-state index contributed by atoms with van der Waals surface area (Å²) in [6.07, 6.45) is 4.55. The zero-order valence-electron chi connectivity index (χ0n) is 7.25. The molecule has 2 heteroatoms. The summed E-state index contributed by atoms with van der Waals surface area (Å²) in [5, 5.41) is 0. The summed E-state index contributed by atoms with van der Waals surface area (Å²) >= 11 is 0. The summed E-state index contributed by atoms with van der Waals surface area (Å²) in [6.45, 7) is 4.15. The first-order valence-electron chi connectivity index (χ1n) is 4.33. The van der Waals surface area contributed by atoms with Gasteiger partial charge in [0.1, 0.15) is 6.29 Å². The van der Waals surface area contributed by atoms with Crippen molar-refractivity contribution >= 4 is 6.29 Å². The van der Waals surface area contributed by atoms with Crippen LogP contribution < -0.4 is 0 Å². The maximum absolute atomic E-state index is 10.2. The normalized spacial score (nSPS) is 38.5. The number of carbonyl (C=O) groups is 1. The highest BCUT2D eigenvalue weighted by Crippen LogP contribution is 2.26. The van der Waals surface area contributed by atoms with Gasteiger partial charge in [-0.05, 0) is 32.6 Å². The average Bonchev–Trinajstić information content (AvgIpc) is 1.95. The van der Waals surface area contributed by atoms with Crippen molar-refractivity contribution < 1.29 is 9.53 Å². The first kappa shape index (κ1) is 8.72. The van der Waals surface area contributed by atoms with Crippen LogP contribution in [0.2, 0.25) is 0 Å². The van der Waals surface area contributed by atoms with Crippen molar-refractivity contribution in [3.63, 3.8) is 0 Å². The molecule has 1 saturated heterocycles. The average molecular weight is 156 g/mol. The molecule has 1 aliphatic rings. The Labute approximate surface area is 67.9 Å². The van der Waals surface area contributed by atoms with E-state index in [4.69, 9.17) is 4.74 Å². The molecule has 3 atom stereocenters.